The molecule has 110 valence electrons. The van der Waals surface area contributed by atoms with E-state index < -0.39 is 0 Å². The van der Waals surface area contributed by atoms with Crippen LogP contribution in [0.3, 0.4) is 0 Å². The minimum Gasteiger partial charge on any atom is -0.473 e. The van der Waals surface area contributed by atoms with Crippen molar-refractivity contribution in [3.05, 3.63) is 59.4 Å². The Labute approximate surface area is 124 Å². The monoisotopic (exact) mass is 285 g/mol. The Morgan fingerprint density at radius 1 is 1.19 bits per heavy atom. The van der Waals surface area contributed by atoms with E-state index in [1.165, 1.54) is 5.56 Å². The van der Waals surface area contributed by atoms with Crippen molar-refractivity contribution in [2.75, 3.05) is 6.73 Å². The largest absolute Gasteiger partial charge is 0.473 e. The summed E-state index contributed by atoms with van der Waals surface area (Å²) in [6.45, 7) is 4.63. The van der Waals surface area contributed by atoms with Crippen LogP contribution in [0.15, 0.2) is 42.7 Å². The molecule has 0 aliphatic carbocycles. The van der Waals surface area contributed by atoms with E-state index in [1.54, 1.807) is 12.4 Å². The number of carbonyl (C=O) groups is 1. The van der Waals surface area contributed by atoms with Crippen LogP contribution in [-0.4, -0.2) is 17.7 Å². The van der Waals surface area contributed by atoms with Gasteiger partial charge in [0, 0.05) is 18.9 Å². The Bertz CT molecular complexity index is 600. The van der Waals surface area contributed by atoms with Gasteiger partial charge < -0.3 is 15.4 Å². The molecule has 5 nitrogen and oxygen atoms in total. The number of urea groups is 1. The first-order valence-corrected chi connectivity index (χ1v) is 6.76. The first-order chi connectivity index (χ1) is 10.1. The van der Waals surface area contributed by atoms with E-state index in [9.17, 15) is 4.79 Å². The summed E-state index contributed by atoms with van der Waals surface area (Å²) < 4.78 is 5.48. The number of aromatic nitrogens is 1. The lowest BCUT2D eigenvalue weighted by Crippen LogP contribution is -2.37. The molecule has 0 saturated heterocycles. The van der Waals surface area contributed by atoms with Gasteiger partial charge in [0.1, 0.15) is 5.75 Å². The van der Waals surface area contributed by atoms with Crippen molar-refractivity contribution >= 4 is 6.03 Å². The Morgan fingerprint density at radius 3 is 2.76 bits per heavy atom. The highest BCUT2D eigenvalue weighted by molar-refractivity contribution is 5.73. The lowest BCUT2D eigenvalue weighted by molar-refractivity contribution is 0.223. The molecular weight excluding hydrogens is 266 g/mol. The van der Waals surface area contributed by atoms with Crippen LogP contribution in [0.25, 0.3) is 0 Å². The predicted octanol–water partition coefficient (Wildman–Crippen LogP) is 2.53. The number of aryl methyl sites for hydroxylation is 2. The van der Waals surface area contributed by atoms with Gasteiger partial charge in [-0.3, -0.25) is 4.98 Å². The van der Waals surface area contributed by atoms with Crippen molar-refractivity contribution in [2.45, 2.75) is 20.4 Å². The van der Waals surface area contributed by atoms with Crippen LogP contribution in [0.2, 0.25) is 0 Å². The van der Waals surface area contributed by atoms with Crippen LogP contribution in [0.5, 0.6) is 5.75 Å². The maximum Gasteiger partial charge on any atom is 0.317 e. The summed E-state index contributed by atoms with van der Waals surface area (Å²) in [6, 6.07) is 9.29. The molecule has 0 aliphatic rings. The number of nitrogens with zero attached hydrogens (tertiary/aromatic N) is 1. The minimum absolute atomic E-state index is 0.126. The number of nitrogens with one attached hydrogen (secondary N) is 2. The van der Waals surface area contributed by atoms with Gasteiger partial charge in [-0.25, -0.2) is 4.79 Å². The first kappa shape index (κ1) is 14.8. The lowest BCUT2D eigenvalue weighted by atomic mass is 10.1. The smallest absolute Gasteiger partial charge is 0.317 e. The third-order valence-corrected chi connectivity index (χ3v) is 3.13. The van der Waals surface area contributed by atoms with Gasteiger partial charge in [0.2, 0.25) is 0 Å². The SMILES string of the molecule is Cc1ccc(OCNC(=O)NCc2cccnc2)cc1C. The van der Waals surface area contributed by atoms with Crippen LogP contribution in [0, 0.1) is 13.8 Å². The Balaban J connectivity index is 1.70. The number of ether oxygens (including phenoxy) is 1. The Kier molecular flexibility index (Phi) is 5.15. The molecule has 2 rings (SSSR count). The Morgan fingerprint density at radius 2 is 2.05 bits per heavy atom. The van der Waals surface area contributed by atoms with Gasteiger partial charge >= 0.3 is 6.03 Å². The van der Waals surface area contributed by atoms with Crippen molar-refractivity contribution in [1.82, 2.24) is 15.6 Å². The number of hydrogen-bond acceptors (Lipinski definition) is 3. The molecule has 0 radical (unpaired) electrons. The summed E-state index contributed by atoms with van der Waals surface area (Å²) in [5.41, 5.74) is 3.32. The molecule has 0 aliphatic heterocycles. The summed E-state index contributed by atoms with van der Waals surface area (Å²) in [6.07, 6.45) is 3.41. The summed E-state index contributed by atoms with van der Waals surface area (Å²) in [4.78, 5) is 15.6. The third-order valence-electron chi connectivity index (χ3n) is 3.13. The third kappa shape index (κ3) is 4.80. The normalized spacial score (nSPS) is 10.0. The van der Waals surface area contributed by atoms with Gasteiger partial charge in [0.05, 0.1) is 0 Å². The number of hydrogen-bond donors (Lipinski definition) is 2. The molecule has 0 atom stereocenters. The summed E-state index contributed by atoms with van der Waals surface area (Å²) in [7, 11) is 0. The van der Waals surface area contributed by atoms with E-state index in [2.05, 4.69) is 15.6 Å². The van der Waals surface area contributed by atoms with Crippen molar-refractivity contribution in [2.24, 2.45) is 0 Å². The van der Waals surface area contributed by atoms with Crippen molar-refractivity contribution in [3.8, 4) is 5.75 Å². The van der Waals surface area contributed by atoms with Crippen LogP contribution in [0.1, 0.15) is 16.7 Å². The summed E-state index contributed by atoms with van der Waals surface area (Å²) >= 11 is 0. The van der Waals surface area contributed by atoms with Crippen LogP contribution in [0.4, 0.5) is 4.79 Å². The molecule has 21 heavy (non-hydrogen) atoms. The highest BCUT2D eigenvalue weighted by Crippen LogP contribution is 2.15. The molecule has 0 saturated carbocycles. The highest BCUT2D eigenvalue weighted by Gasteiger charge is 2.01. The lowest BCUT2D eigenvalue weighted by Gasteiger charge is -2.10. The fourth-order valence-electron chi connectivity index (χ4n) is 1.74. The number of pyridine rings is 1. The second-order valence-electron chi connectivity index (χ2n) is 4.76. The molecule has 0 fully saturated rings. The molecule has 0 spiro atoms. The predicted molar refractivity (Wildman–Crippen MR) is 81.0 cm³/mol. The number of benzene rings is 1. The van der Waals surface area contributed by atoms with E-state index in [0.717, 1.165) is 16.9 Å². The van der Waals surface area contributed by atoms with Gasteiger partial charge in [-0.15, -0.1) is 0 Å². The molecule has 1 heterocycles. The maximum absolute atomic E-state index is 11.6. The second kappa shape index (κ2) is 7.28. The quantitative estimate of drug-likeness (QED) is 0.830. The van der Waals surface area contributed by atoms with Crippen molar-refractivity contribution in [1.29, 1.82) is 0 Å². The van der Waals surface area contributed by atoms with E-state index in [-0.39, 0.29) is 12.8 Å². The minimum atomic E-state index is -0.275. The second-order valence-corrected chi connectivity index (χ2v) is 4.76. The molecule has 2 amide bonds. The van der Waals surface area contributed by atoms with Gasteiger partial charge in [-0.1, -0.05) is 12.1 Å². The zero-order valence-electron chi connectivity index (χ0n) is 12.2. The molecule has 2 N–H and O–H groups in total. The number of rotatable bonds is 5. The Hall–Kier alpha value is -2.56. The van der Waals surface area contributed by atoms with Crippen molar-refractivity contribution < 1.29 is 9.53 Å². The zero-order valence-corrected chi connectivity index (χ0v) is 12.2. The molecule has 0 unspecified atom stereocenters. The van der Waals surface area contributed by atoms with Crippen LogP contribution in [-0.2, 0) is 6.54 Å². The molecule has 1 aromatic carbocycles. The van der Waals surface area contributed by atoms with Gasteiger partial charge in [-0.05, 0) is 48.7 Å². The highest BCUT2D eigenvalue weighted by atomic mass is 16.5. The number of amides is 2. The average molecular weight is 285 g/mol. The summed E-state index contributed by atoms with van der Waals surface area (Å²) in [5.74, 6) is 0.741. The fraction of sp³-hybridized carbons (Fsp3) is 0.250. The average Bonchev–Trinajstić information content (AvgIpc) is 2.50. The van der Waals surface area contributed by atoms with E-state index in [1.807, 2.05) is 44.2 Å². The number of carbonyl (C=O) groups excluding carboxylic acids is 1. The molecule has 5 heteroatoms. The van der Waals surface area contributed by atoms with Crippen molar-refractivity contribution in [3.63, 3.8) is 0 Å². The van der Waals surface area contributed by atoms with Gasteiger partial charge in [0.15, 0.2) is 6.73 Å². The van der Waals surface area contributed by atoms with E-state index >= 15 is 0 Å². The van der Waals surface area contributed by atoms with E-state index in [4.69, 9.17) is 4.74 Å². The zero-order chi connectivity index (χ0) is 15.1. The topological polar surface area (TPSA) is 63.2 Å². The molecular formula is C16H19N3O2. The van der Waals surface area contributed by atoms with E-state index in [0.29, 0.717) is 6.54 Å². The van der Waals surface area contributed by atoms with Gasteiger partial charge in [-0.2, -0.15) is 0 Å². The molecule has 2 aromatic rings. The fourth-order valence-corrected chi connectivity index (χ4v) is 1.74. The molecule has 0 bridgehead atoms. The van der Waals surface area contributed by atoms with Crippen LogP contribution < -0.4 is 15.4 Å². The van der Waals surface area contributed by atoms with Gasteiger partial charge in [0.25, 0.3) is 0 Å². The van der Waals surface area contributed by atoms with Crippen LogP contribution >= 0.6 is 0 Å². The summed E-state index contributed by atoms with van der Waals surface area (Å²) in [5, 5.41) is 5.38. The first-order valence-electron chi connectivity index (χ1n) is 6.76. The standard InChI is InChI=1S/C16H19N3O2/c1-12-5-6-15(8-13(12)2)21-11-19-16(20)18-10-14-4-3-7-17-9-14/h3-9H,10-11H2,1-2H3,(H2,18,19,20). The molecule has 1 aromatic heterocycles. The maximum atomic E-state index is 11.6.